The minimum absolute atomic E-state index is 0.167. The molecule has 0 aromatic rings. The molecule has 0 heterocycles. The fourth-order valence-electron chi connectivity index (χ4n) is 0.204. The van der Waals surface area contributed by atoms with Crippen molar-refractivity contribution in [2.45, 2.75) is 0 Å². The van der Waals surface area contributed by atoms with Crippen molar-refractivity contribution < 1.29 is 4.92 Å². The second-order valence-electron chi connectivity index (χ2n) is 1.22. The van der Waals surface area contributed by atoms with E-state index < -0.39 is 4.92 Å². The standard InChI is InChI=1S/C4H5ClN2O2/c1-3(7(8)9)4(5)6-2/h1H2,2H3. The summed E-state index contributed by atoms with van der Waals surface area (Å²) in [5.74, 6) is 0. The number of rotatable bonds is 2. The van der Waals surface area contributed by atoms with Gasteiger partial charge in [0, 0.05) is 7.05 Å². The summed E-state index contributed by atoms with van der Waals surface area (Å²) in [5, 5.41) is 9.67. The van der Waals surface area contributed by atoms with Gasteiger partial charge in [-0.3, -0.25) is 15.1 Å². The van der Waals surface area contributed by atoms with Crippen molar-refractivity contribution in [1.29, 1.82) is 0 Å². The molecule has 0 saturated carbocycles. The summed E-state index contributed by atoms with van der Waals surface area (Å²) in [4.78, 5) is 12.5. The highest BCUT2D eigenvalue weighted by Crippen LogP contribution is 1.98. The van der Waals surface area contributed by atoms with E-state index in [-0.39, 0.29) is 10.9 Å². The molecule has 0 aliphatic carbocycles. The van der Waals surface area contributed by atoms with Gasteiger partial charge < -0.3 is 0 Å². The Kier molecular flexibility index (Phi) is 2.87. The summed E-state index contributed by atoms with van der Waals surface area (Å²) >= 11 is 5.22. The Morgan fingerprint density at radius 2 is 2.33 bits per heavy atom. The topological polar surface area (TPSA) is 55.5 Å². The number of halogens is 1. The van der Waals surface area contributed by atoms with Crippen molar-refractivity contribution >= 4 is 16.8 Å². The lowest BCUT2D eigenvalue weighted by molar-refractivity contribution is -0.414. The van der Waals surface area contributed by atoms with Crippen molar-refractivity contribution in [2.75, 3.05) is 7.05 Å². The lowest BCUT2D eigenvalue weighted by atomic mass is 10.6. The van der Waals surface area contributed by atoms with Gasteiger partial charge in [-0.15, -0.1) is 0 Å². The Balaban J connectivity index is 4.23. The van der Waals surface area contributed by atoms with Gasteiger partial charge in [0.15, 0.2) is 0 Å². The van der Waals surface area contributed by atoms with Crippen LogP contribution in [0.25, 0.3) is 0 Å². The molecule has 0 atom stereocenters. The molecule has 4 nitrogen and oxygen atoms in total. The molecule has 9 heavy (non-hydrogen) atoms. The highest BCUT2D eigenvalue weighted by atomic mass is 35.5. The van der Waals surface area contributed by atoms with E-state index in [1.165, 1.54) is 7.05 Å². The molecule has 0 bridgehead atoms. The molecule has 0 aromatic heterocycles. The molecule has 5 heteroatoms. The molecule has 0 amide bonds. The Bertz CT molecular complexity index is 175. The van der Waals surface area contributed by atoms with E-state index in [0.29, 0.717) is 0 Å². The summed E-state index contributed by atoms with van der Waals surface area (Å²) in [7, 11) is 1.36. The van der Waals surface area contributed by atoms with Crippen LogP contribution in [0.15, 0.2) is 17.3 Å². The summed E-state index contributed by atoms with van der Waals surface area (Å²) in [6, 6.07) is 0. The maximum atomic E-state index is 9.84. The SMILES string of the molecule is C=C(C(Cl)=NC)[N+](=O)[O-]. The zero-order valence-electron chi connectivity index (χ0n) is 4.80. The van der Waals surface area contributed by atoms with E-state index in [1.54, 1.807) is 0 Å². The number of aliphatic imine (C=N–C) groups is 1. The lowest BCUT2D eigenvalue weighted by Crippen LogP contribution is -2.03. The van der Waals surface area contributed by atoms with Crippen LogP contribution in [0.1, 0.15) is 0 Å². The Morgan fingerprint density at radius 1 is 1.89 bits per heavy atom. The predicted octanol–water partition coefficient (Wildman–Crippen LogP) is 1.04. The first-order valence-electron chi connectivity index (χ1n) is 2.05. The normalized spacial score (nSPS) is 11.1. The molecule has 0 radical (unpaired) electrons. The highest BCUT2D eigenvalue weighted by molar-refractivity contribution is 6.69. The molecule has 0 fully saturated rings. The van der Waals surface area contributed by atoms with Gasteiger partial charge in [0.2, 0.25) is 5.17 Å². The van der Waals surface area contributed by atoms with E-state index in [4.69, 9.17) is 11.6 Å². The van der Waals surface area contributed by atoms with Crippen LogP contribution in [0.2, 0.25) is 0 Å². The molecule has 0 unspecified atom stereocenters. The molecule has 50 valence electrons. The van der Waals surface area contributed by atoms with Crippen molar-refractivity contribution in [3.8, 4) is 0 Å². The largest absolute Gasteiger partial charge is 0.298 e. The summed E-state index contributed by atoms with van der Waals surface area (Å²) in [6.07, 6.45) is 0. The first-order valence-corrected chi connectivity index (χ1v) is 2.43. The number of allylic oxidation sites excluding steroid dienone is 1. The second kappa shape index (κ2) is 3.19. The van der Waals surface area contributed by atoms with E-state index in [0.717, 1.165) is 0 Å². The predicted molar refractivity (Wildman–Crippen MR) is 35.3 cm³/mol. The minimum atomic E-state index is -0.685. The minimum Gasteiger partial charge on any atom is -0.271 e. The molecule has 0 spiro atoms. The fraction of sp³-hybridized carbons (Fsp3) is 0.250. The molecule has 0 saturated heterocycles. The third-order valence-corrected chi connectivity index (χ3v) is 1.04. The van der Waals surface area contributed by atoms with Crippen molar-refractivity contribution in [3.05, 3.63) is 22.4 Å². The quantitative estimate of drug-likeness (QED) is 0.334. The van der Waals surface area contributed by atoms with Gasteiger partial charge in [0.05, 0.1) is 4.92 Å². The monoisotopic (exact) mass is 148 g/mol. The van der Waals surface area contributed by atoms with Crippen molar-refractivity contribution in [1.82, 2.24) is 0 Å². The van der Waals surface area contributed by atoms with Crippen LogP contribution in [0.3, 0.4) is 0 Å². The number of nitro groups is 1. The van der Waals surface area contributed by atoms with Crippen LogP contribution in [0, 0.1) is 10.1 Å². The fourth-order valence-corrected chi connectivity index (χ4v) is 0.273. The van der Waals surface area contributed by atoms with Crippen LogP contribution >= 0.6 is 11.6 Å². The van der Waals surface area contributed by atoms with Crippen molar-refractivity contribution in [2.24, 2.45) is 4.99 Å². The Hall–Kier alpha value is -0.900. The number of nitrogens with zero attached hydrogens (tertiary/aromatic N) is 2. The number of hydrogen-bond acceptors (Lipinski definition) is 3. The van der Waals surface area contributed by atoms with Crippen LogP contribution in [0.5, 0.6) is 0 Å². The van der Waals surface area contributed by atoms with E-state index in [2.05, 4.69) is 11.6 Å². The van der Waals surface area contributed by atoms with Gasteiger partial charge in [-0.1, -0.05) is 11.6 Å². The zero-order chi connectivity index (χ0) is 7.44. The molecule has 0 aliphatic rings. The van der Waals surface area contributed by atoms with Gasteiger partial charge in [0.25, 0.3) is 5.70 Å². The summed E-state index contributed by atoms with van der Waals surface area (Å²) in [5.41, 5.74) is -0.376. The van der Waals surface area contributed by atoms with Crippen LogP contribution in [-0.4, -0.2) is 17.1 Å². The van der Waals surface area contributed by atoms with Crippen LogP contribution in [-0.2, 0) is 0 Å². The summed E-state index contributed by atoms with van der Waals surface area (Å²) in [6.45, 7) is 3.06. The highest BCUT2D eigenvalue weighted by Gasteiger charge is 2.10. The average Bonchev–Trinajstić information content (AvgIpc) is 1.84. The van der Waals surface area contributed by atoms with Gasteiger partial charge in [-0.05, 0) is 6.58 Å². The molecule has 0 aliphatic heterocycles. The first-order chi connectivity index (χ1) is 4.09. The van der Waals surface area contributed by atoms with E-state index in [9.17, 15) is 10.1 Å². The smallest absolute Gasteiger partial charge is 0.271 e. The van der Waals surface area contributed by atoms with Gasteiger partial charge in [-0.2, -0.15) is 0 Å². The molecular weight excluding hydrogens is 144 g/mol. The van der Waals surface area contributed by atoms with E-state index >= 15 is 0 Å². The van der Waals surface area contributed by atoms with Gasteiger partial charge in [-0.25, -0.2) is 0 Å². The maximum Gasteiger partial charge on any atom is 0.298 e. The molecule has 0 N–H and O–H groups in total. The van der Waals surface area contributed by atoms with E-state index in [1.807, 2.05) is 0 Å². The third-order valence-electron chi connectivity index (χ3n) is 0.655. The first kappa shape index (κ1) is 8.10. The zero-order valence-corrected chi connectivity index (χ0v) is 5.55. The Morgan fingerprint density at radius 3 is 2.44 bits per heavy atom. The third kappa shape index (κ3) is 2.23. The number of hydrogen-bond donors (Lipinski definition) is 0. The molecular formula is C4H5ClN2O2. The molecule has 0 rings (SSSR count). The van der Waals surface area contributed by atoms with Gasteiger partial charge >= 0.3 is 0 Å². The van der Waals surface area contributed by atoms with Crippen LogP contribution < -0.4 is 0 Å². The van der Waals surface area contributed by atoms with Crippen LogP contribution in [0.4, 0.5) is 0 Å². The van der Waals surface area contributed by atoms with Crippen molar-refractivity contribution in [3.63, 3.8) is 0 Å². The maximum absolute atomic E-state index is 9.84. The summed E-state index contributed by atoms with van der Waals surface area (Å²) < 4.78 is 0. The van der Waals surface area contributed by atoms with Gasteiger partial charge in [0.1, 0.15) is 0 Å². The second-order valence-corrected chi connectivity index (χ2v) is 1.58. The average molecular weight is 149 g/mol. The molecule has 0 aromatic carbocycles. The Labute approximate surface area is 57.0 Å². The lowest BCUT2D eigenvalue weighted by Gasteiger charge is -1.88.